The largest absolute Gasteiger partial charge is 0.361 e. The molecule has 2 aliphatic rings. The molecule has 3 heterocycles. The van der Waals surface area contributed by atoms with Crippen molar-refractivity contribution in [2.75, 3.05) is 5.32 Å². The highest BCUT2D eigenvalue weighted by molar-refractivity contribution is 7.15. The van der Waals surface area contributed by atoms with E-state index in [1.54, 1.807) is 16.2 Å². The predicted molar refractivity (Wildman–Crippen MR) is 114 cm³/mol. The summed E-state index contributed by atoms with van der Waals surface area (Å²) in [6.07, 6.45) is 6.07. The number of aromatic amines is 1. The number of aromatic nitrogens is 2. The van der Waals surface area contributed by atoms with E-state index in [0.717, 1.165) is 41.4 Å². The zero-order valence-corrected chi connectivity index (χ0v) is 17.2. The van der Waals surface area contributed by atoms with Crippen LogP contribution in [0.25, 0.3) is 10.9 Å². The molecule has 0 saturated carbocycles. The van der Waals surface area contributed by atoms with E-state index in [-0.39, 0.29) is 11.8 Å². The van der Waals surface area contributed by atoms with Crippen LogP contribution in [0.5, 0.6) is 0 Å². The van der Waals surface area contributed by atoms with E-state index in [0.29, 0.717) is 30.4 Å². The number of hydrogen-bond donors (Lipinski definition) is 2. The maximum absolute atomic E-state index is 13.0. The Bertz CT molecular complexity index is 1090. The number of carbonyl (C=O) groups is 2. The van der Waals surface area contributed by atoms with Gasteiger partial charge in [0.25, 0.3) is 0 Å². The Labute approximate surface area is 173 Å². The highest BCUT2D eigenvalue weighted by Gasteiger charge is 2.36. The molecule has 6 nitrogen and oxygen atoms in total. The molecule has 5 rings (SSSR count). The summed E-state index contributed by atoms with van der Waals surface area (Å²) in [5.41, 5.74) is 3.20. The average molecular weight is 409 g/mol. The van der Waals surface area contributed by atoms with Gasteiger partial charge in [-0.1, -0.05) is 25.1 Å². The van der Waals surface area contributed by atoms with Crippen molar-refractivity contribution in [3.63, 3.8) is 0 Å². The van der Waals surface area contributed by atoms with Gasteiger partial charge in [-0.3, -0.25) is 9.59 Å². The Morgan fingerprint density at radius 2 is 2.17 bits per heavy atom. The number of benzene rings is 1. The van der Waals surface area contributed by atoms with Crippen molar-refractivity contribution < 1.29 is 9.59 Å². The number of fused-ring (bicyclic) bond motifs is 2. The highest BCUT2D eigenvalue weighted by atomic mass is 32.1. The number of amides is 2. The van der Waals surface area contributed by atoms with Crippen molar-refractivity contribution in [1.29, 1.82) is 0 Å². The van der Waals surface area contributed by atoms with Gasteiger partial charge in [0.05, 0.1) is 5.69 Å². The summed E-state index contributed by atoms with van der Waals surface area (Å²) in [6.45, 7) is 2.69. The van der Waals surface area contributed by atoms with Gasteiger partial charge < -0.3 is 15.2 Å². The fourth-order valence-electron chi connectivity index (χ4n) is 4.43. The highest BCUT2D eigenvalue weighted by Crippen LogP contribution is 2.33. The molecule has 1 fully saturated rings. The molecule has 7 heteroatoms. The van der Waals surface area contributed by atoms with Gasteiger partial charge in [0.2, 0.25) is 11.8 Å². The Morgan fingerprint density at radius 1 is 1.31 bits per heavy atom. The Kier molecular flexibility index (Phi) is 4.62. The maximum atomic E-state index is 13.0. The van der Waals surface area contributed by atoms with Crippen LogP contribution >= 0.6 is 11.3 Å². The molecule has 2 unspecified atom stereocenters. The molecule has 0 bridgehead atoms. The van der Waals surface area contributed by atoms with Crippen molar-refractivity contribution in [1.82, 2.24) is 14.9 Å². The first kappa shape index (κ1) is 18.4. The number of hydrogen-bond acceptors (Lipinski definition) is 4. The SMILES string of the molecule is CC1CCc2nc(NC(=O)C3CCC(=O)N3Cc3c[nH]c4ccccc34)sc2C1. The van der Waals surface area contributed by atoms with Gasteiger partial charge >= 0.3 is 0 Å². The van der Waals surface area contributed by atoms with Crippen LogP contribution in [0.4, 0.5) is 5.13 Å². The maximum Gasteiger partial charge on any atom is 0.248 e. The van der Waals surface area contributed by atoms with Gasteiger partial charge in [-0.05, 0) is 43.2 Å². The molecule has 2 amide bonds. The molecule has 0 spiro atoms. The number of likely N-dealkylation sites (tertiary alicyclic amines) is 1. The molecule has 2 aromatic heterocycles. The van der Waals surface area contributed by atoms with Crippen molar-refractivity contribution in [3.05, 3.63) is 46.6 Å². The van der Waals surface area contributed by atoms with Gasteiger partial charge in [0, 0.05) is 34.9 Å². The summed E-state index contributed by atoms with van der Waals surface area (Å²) < 4.78 is 0. The fourth-order valence-corrected chi connectivity index (χ4v) is 5.61. The van der Waals surface area contributed by atoms with E-state index < -0.39 is 6.04 Å². The first-order chi connectivity index (χ1) is 14.1. The van der Waals surface area contributed by atoms with E-state index in [2.05, 4.69) is 22.2 Å². The minimum Gasteiger partial charge on any atom is -0.361 e. The molecule has 1 aromatic carbocycles. The lowest BCUT2D eigenvalue weighted by Crippen LogP contribution is -2.41. The third-order valence-electron chi connectivity index (χ3n) is 6.06. The summed E-state index contributed by atoms with van der Waals surface area (Å²) in [5.74, 6) is 0.572. The van der Waals surface area contributed by atoms with Gasteiger partial charge in [-0.2, -0.15) is 0 Å². The molecule has 1 saturated heterocycles. The van der Waals surface area contributed by atoms with Crippen LogP contribution in [0.3, 0.4) is 0 Å². The molecule has 29 heavy (non-hydrogen) atoms. The number of rotatable bonds is 4. The van der Waals surface area contributed by atoms with Crippen LogP contribution < -0.4 is 5.32 Å². The number of aryl methyl sites for hydroxylation is 1. The van der Waals surface area contributed by atoms with Crippen molar-refractivity contribution in [2.45, 2.75) is 51.6 Å². The van der Waals surface area contributed by atoms with Crippen LogP contribution in [-0.2, 0) is 29.0 Å². The predicted octanol–water partition coefficient (Wildman–Crippen LogP) is 3.88. The minimum absolute atomic E-state index is 0.0303. The zero-order valence-electron chi connectivity index (χ0n) is 16.4. The number of nitrogens with one attached hydrogen (secondary N) is 2. The molecule has 3 aromatic rings. The van der Waals surface area contributed by atoms with E-state index >= 15 is 0 Å². The Hall–Kier alpha value is -2.67. The molecule has 2 atom stereocenters. The number of thiazole rings is 1. The quantitative estimate of drug-likeness (QED) is 0.688. The lowest BCUT2D eigenvalue weighted by Gasteiger charge is -2.23. The molecule has 150 valence electrons. The first-order valence-corrected chi connectivity index (χ1v) is 11.0. The molecule has 0 radical (unpaired) electrons. The second-order valence-electron chi connectivity index (χ2n) is 8.16. The van der Waals surface area contributed by atoms with Crippen LogP contribution in [0.1, 0.15) is 42.3 Å². The second-order valence-corrected chi connectivity index (χ2v) is 9.25. The van der Waals surface area contributed by atoms with Crippen LogP contribution in [0.2, 0.25) is 0 Å². The van der Waals surface area contributed by atoms with Crippen LogP contribution in [-0.4, -0.2) is 32.7 Å². The third-order valence-corrected chi connectivity index (χ3v) is 7.10. The fraction of sp³-hybridized carbons (Fsp3) is 0.409. The molecule has 2 N–H and O–H groups in total. The minimum atomic E-state index is -0.448. The number of anilines is 1. The van der Waals surface area contributed by atoms with Crippen LogP contribution in [0.15, 0.2) is 30.5 Å². The van der Waals surface area contributed by atoms with Crippen molar-refractivity contribution in [3.8, 4) is 0 Å². The average Bonchev–Trinajstić information content (AvgIpc) is 3.39. The number of nitrogens with zero attached hydrogens (tertiary/aromatic N) is 2. The number of carbonyl (C=O) groups excluding carboxylic acids is 2. The smallest absolute Gasteiger partial charge is 0.248 e. The Morgan fingerprint density at radius 3 is 3.07 bits per heavy atom. The van der Waals surface area contributed by atoms with E-state index in [4.69, 9.17) is 0 Å². The van der Waals surface area contributed by atoms with Crippen molar-refractivity contribution in [2.24, 2.45) is 5.92 Å². The topological polar surface area (TPSA) is 78.1 Å². The first-order valence-electron chi connectivity index (χ1n) is 10.2. The summed E-state index contributed by atoms with van der Waals surface area (Å²) in [5, 5.41) is 4.75. The van der Waals surface area contributed by atoms with E-state index in [9.17, 15) is 9.59 Å². The van der Waals surface area contributed by atoms with Crippen LogP contribution in [0, 0.1) is 5.92 Å². The van der Waals surface area contributed by atoms with Gasteiger partial charge in [-0.25, -0.2) is 4.98 Å². The lowest BCUT2D eigenvalue weighted by molar-refractivity contribution is -0.133. The van der Waals surface area contributed by atoms with E-state index in [1.807, 2.05) is 30.5 Å². The summed E-state index contributed by atoms with van der Waals surface area (Å²) in [6, 6.07) is 7.57. The number of para-hydroxylation sites is 1. The number of H-pyrrole nitrogens is 1. The third kappa shape index (κ3) is 3.44. The normalized spacial score (nSPS) is 21.6. The monoisotopic (exact) mass is 408 g/mol. The molecular formula is C22H24N4O2S. The van der Waals surface area contributed by atoms with Gasteiger partial charge in [0.15, 0.2) is 5.13 Å². The van der Waals surface area contributed by atoms with Gasteiger partial charge in [0.1, 0.15) is 6.04 Å². The summed E-state index contributed by atoms with van der Waals surface area (Å²) >= 11 is 1.58. The van der Waals surface area contributed by atoms with E-state index in [1.165, 1.54) is 4.88 Å². The molecule has 1 aliphatic heterocycles. The Balaban J connectivity index is 1.33. The zero-order chi connectivity index (χ0) is 20.0. The lowest BCUT2D eigenvalue weighted by atomic mass is 9.93. The van der Waals surface area contributed by atoms with Gasteiger partial charge in [-0.15, -0.1) is 11.3 Å². The molecular weight excluding hydrogens is 384 g/mol. The molecule has 1 aliphatic carbocycles. The summed E-state index contributed by atoms with van der Waals surface area (Å²) in [4.78, 5) is 36.4. The summed E-state index contributed by atoms with van der Waals surface area (Å²) in [7, 11) is 0. The van der Waals surface area contributed by atoms with Crippen molar-refractivity contribution >= 4 is 39.2 Å². The standard InChI is InChI=1S/C22H24N4O2S/c1-13-6-7-17-19(10-13)29-22(24-17)25-21(28)18-8-9-20(27)26(18)12-14-11-23-16-5-3-2-4-15(14)16/h2-5,11,13,18,23H,6-10,12H2,1H3,(H,24,25,28). The second kappa shape index (κ2) is 7.30.